The van der Waals surface area contributed by atoms with Gasteiger partial charge in [0.2, 0.25) is 11.3 Å². The molecule has 0 unspecified atom stereocenters. The molecule has 0 saturated carbocycles. The number of hydrogen-bond donors (Lipinski definition) is 0. The van der Waals surface area contributed by atoms with E-state index in [4.69, 9.17) is 9.47 Å². The van der Waals surface area contributed by atoms with Crippen LogP contribution in [0.1, 0.15) is 16.1 Å². The maximum absolute atomic E-state index is 6.12. The Morgan fingerprint density at radius 2 is 1.90 bits per heavy atom. The monoisotopic (exact) mass is 421 g/mol. The molecule has 6 heteroatoms. The van der Waals surface area contributed by atoms with E-state index in [-0.39, 0.29) is 0 Å². The minimum Gasteiger partial charge on any atom is -0.489 e. The van der Waals surface area contributed by atoms with E-state index in [0.717, 1.165) is 24.6 Å². The van der Waals surface area contributed by atoms with Gasteiger partial charge in [-0.25, -0.2) is 0 Å². The highest BCUT2D eigenvalue weighted by atomic mass is 32.2. The third kappa shape index (κ3) is 2.77. The van der Waals surface area contributed by atoms with Gasteiger partial charge < -0.3 is 14.4 Å². The van der Waals surface area contributed by atoms with Crippen LogP contribution in [0.3, 0.4) is 0 Å². The summed E-state index contributed by atoms with van der Waals surface area (Å²) in [5.41, 5.74) is 5.16. The summed E-state index contributed by atoms with van der Waals surface area (Å²) in [7, 11) is 0. The summed E-state index contributed by atoms with van der Waals surface area (Å²) in [5.74, 6) is 1.82. The van der Waals surface area contributed by atoms with Crippen molar-refractivity contribution in [1.82, 2.24) is 0 Å². The van der Waals surface area contributed by atoms with Crippen molar-refractivity contribution in [2.24, 2.45) is 0 Å². The van der Waals surface area contributed by atoms with Gasteiger partial charge in [-0.3, -0.25) is 0 Å². The number of anilines is 1. The van der Waals surface area contributed by atoms with Crippen LogP contribution in [0.5, 0.6) is 0 Å². The number of thioether (sulfide) groups is 1. The van der Waals surface area contributed by atoms with Gasteiger partial charge >= 0.3 is 5.01 Å². The molecule has 4 heterocycles. The van der Waals surface area contributed by atoms with Crippen LogP contribution in [0.4, 0.5) is 5.69 Å². The fraction of sp³-hybridized carbons (Fsp3) is 0.261. The highest BCUT2D eigenvalue weighted by molar-refractivity contribution is 8.03. The van der Waals surface area contributed by atoms with Crippen LogP contribution in [-0.2, 0) is 16.0 Å². The predicted molar refractivity (Wildman–Crippen MR) is 118 cm³/mol. The number of thiazole rings is 1. The van der Waals surface area contributed by atoms with Crippen LogP contribution in [0.2, 0.25) is 0 Å². The first-order valence-electron chi connectivity index (χ1n) is 9.88. The average Bonchev–Trinajstić information content (AvgIpc) is 3.27. The molecule has 0 amide bonds. The van der Waals surface area contributed by atoms with Gasteiger partial charge in [-0.15, -0.1) is 0 Å². The summed E-state index contributed by atoms with van der Waals surface area (Å²) in [6.07, 6.45) is 2.10. The Kier molecular flexibility index (Phi) is 3.93. The van der Waals surface area contributed by atoms with Gasteiger partial charge in [-0.1, -0.05) is 35.2 Å². The molecule has 29 heavy (non-hydrogen) atoms. The second-order valence-corrected chi connectivity index (χ2v) is 9.69. The molecule has 0 bridgehead atoms. The minimum atomic E-state index is 0.683. The largest absolute Gasteiger partial charge is 0.489 e. The van der Waals surface area contributed by atoms with E-state index >= 15 is 0 Å². The van der Waals surface area contributed by atoms with E-state index in [9.17, 15) is 0 Å². The van der Waals surface area contributed by atoms with Gasteiger partial charge in [-0.2, -0.15) is 4.57 Å². The van der Waals surface area contributed by atoms with Gasteiger partial charge in [0.25, 0.3) is 0 Å². The summed E-state index contributed by atoms with van der Waals surface area (Å²) in [4.78, 5) is 3.68. The molecular weight excluding hydrogens is 400 g/mol. The van der Waals surface area contributed by atoms with Gasteiger partial charge in [0.05, 0.1) is 12.2 Å². The maximum Gasteiger partial charge on any atom is 0.305 e. The first kappa shape index (κ1) is 17.4. The van der Waals surface area contributed by atoms with Crippen molar-refractivity contribution in [1.29, 1.82) is 0 Å². The Hall–Kier alpha value is -2.44. The van der Waals surface area contributed by atoms with Crippen molar-refractivity contribution in [3.05, 3.63) is 69.4 Å². The third-order valence-corrected chi connectivity index (χ3v) is 7.90. The lowest BCUT2D eigenvalue weighted by Crippen LogP contribution is -2.41. The number of ether oxygens (including phenoxy) is 2. The van der Waals surface area contributed by atoms with E-state index in [1.165, 1.54) is 42.0 Å². The summed E-state index contributed by atoms with van der Waals surface area (Å²) >= 11 is 3.58. The minimum absolute atomic E-state index is 0.683. The third-order valence-electron chi connectivity index (χ3n) is 5.54. The molecule has 0 radical (unpaired) electrons. The number of aromatic nitrogens is 1. The second-order valence-electron chi connectivity index (χ2n) is 7.63. The second kappa shape index (κ2) is 6.54. The van der Waals surface area contributed by atoms with Crippen molar-refractivity contribution in [3.63, 3.8) is 0 Å². The number of allylic oxidation sites excluding steroid dienone is 1. The summed E-state index contributed by atoms with van der Waals surface area (Å²) in [5, 5.41) is 2.34. The predicted octanol–water partition coefficient (Wildman–Crippen LogP) is 4.99. The highest BCUT2D eigenvalue weighted by Crippen LogP contribution is 2.49. The number of fused-ring (bicyclic) bond motifs is 6. The van der Waals surface area contributed by atoms with E-state index in [1.54, 1.807) is 23.1 Å². The molecule has 3 aliphatic rings. The Labute approximate surface area is 178 Å². The molecule has 146 valence electrons. The fourth-order valence-electron chi connectivity index (χ4n) is 4.14. The first-order chi connectivity index (χ1) is 14.2. The Balaban J connectivity index is 1.46. The van der Waals surface area contributed by atoms with Gasteiger partial charge in [0.1, 0.15) is 22.9 Å². The zero-order valence-electron chi connectivity index (χ0n) is 16.4. The van der Waals surface area contributed by atoms with Gasteiger partial charge in [-0.05, 0) is 43.2 Å². The lowest BCUT2D eigenvalue weighted by Gasteiger charge is -2.27. The number of rotatable bonds is 1. The molecule has 0 aliphatic carbocycles. The number of benzene rings is 2. The number of nitrogens with zero attached hydrogens (tertiary/aromatic N) is 2. The van der Waals surface area contributed by atoms with Crippen molar-refractivity contribution in [2.75, 3.05) is 24.7 Å². The molecule has 3 aromatic rings. The number of hydrogen-bond acceptors (Lipinski definition) is 5. The van der Waals surface area contributed by atoms with Crippen molar-refractivity contribution < 1.29 is 14.0 Å². The number of aryl methyl sites for hydroxylation is 2. The van der Waals surface area contributed by atoms with E-state index in [2.05, 4.69) is 65.8 Å². The summed E-state index contributed by atoms with van der Waals surface area (Å²) < 4.78 is 15.9. The molecule has 3 aliphatic heterocycles. The van der Waals surface area contributed by atoms with Crippen LogP contribution in [0.15, 0.2) is 58.2 Å². The first-order valence-corrected chi connectivity index (χ1v) is 11.5. The Morgan fingerprint density at radius 3 is 2.83 bits per heavy atom. The van der Waals surface area contributed by atoms with Crippen molar-refractivity contribution in [2.45, 2.75) is 25.3 Å². The van der Waals surface area contributed by atoms with E-state index < -0.39 is 0 Å². The van der Waals surface area contributed by atoms with Crippen LogP contribution in [0.25, 0.3) is 16.0 Å². The molecule has 0 atom stereocenters. The quantitative estimate of drug-likeness (QED) is 0.517. The Bertz CT molecular complexity index is 1230. The zero-order valence-corrected chi connectivity index (χ0v) is 18.0. The summed E-state index contributed by atoms with van der Waals surface area (Å²) in [6.45, 7) is 7.43. The van der Waals surface area contributed by atoms with Crippen LogP contribution in [0, 0.1) is 13.8 Å². The lowest BCUT2D eigenvalue weighted by atomic mass is 10.2. The highest BCUT2D eigenvalue weighted by Gasteiger charge is 2.34. The molecule has 4 nitrogen and oxygen atoms in total. The molecule has 0 fully saturated rings. The van der Waals surface area contributed by atoms with E-state index in [1.807, 2.05) is 0 Å². The normalized spacial score (nSPS) is 19.1. The topological polar surface area (TPSA) is 25.6 Å². The van der Waals surface area contributed by atoms with Gasteiger partial charge in [0, 0.05) is 17.0 Å². The maximum atomic E-state index is 6.12. The molecule has 0 spiro atoms. The Morgan fingerprint density at radius 1 is 1.03 bits per heavy atom. The van der Waals surface area contributed by atoms with Crippen LogP contribution in [-0.4, -0.2) is 19.8 Å². The van der Waals surface area contributed by atoms with Crippen LogP contribution < -0.4 is 9.47 Å². The SMILES string of the molecule is Cc1ccc2c(c1)N1CCOC(C=C3OCC[n+]4c3sc3ccc(C)cc34)=C1S2. The molecule has 6 rings (SSSR count). The lowest BCUT2D eigenvalue weighted by molar-refractivity contribution is -0.677. The zero-order chi connectivity index (χ0) is 19.5. The van der Waals surface area contributed by atoms with Crippen molar-refractivity contribution >= 4 is 44.8 Å². The van der Waals surface area contributed by atoms with Gasteiger partial charge in [0.15, 0.2) is 12.3 Å². The fourth-order valence-corrected chi connectivity index (χ4v) is 6.41. The average molecular weight is 422 g/mol. The smallest absolute Gasteiger partial charge is 0.305 e. The molecule has 0 N–H and O–H groups in total. The van der Waals surface area contributed by atoms with E-state index in [0.29, 0.717) is 13.2 Å². The standard InChI is InChI=1S/C23H21N2O2S2/c1-14-3-5-20-16(11-14)24-7-9-26-18(22(24)28-20)13-19-23-25(8-10-27-19)17-12-15(2)4-6-21(17)29-23/h3-6,11-13H,7-10H2,1-2H3/q+1. The van der Waals surface area contributed by atoms with Crippen molar-refractivity contribution in [3.8, 4) is 0 Å². The molecular formula is C23H21N2O2S2+. The molecule has 1 aromatic heterocycles. The molecule has 0 saturated heterocycles. The molecule has 2 aromatic carbocycles. The van der Waals surface area contributed by atoms with Crippen LogP contribution >= 0.6 is 23.1 Å². The summed E-state index contributed by atoms with van der Waals surface area (Å²) in [6, 6.07) is 13.3.